The second-order valence-electron chi connectivity index (χ2n) is 7.29. The maximum absolute atomic E-state index is 12.8. The summed E-state index contributed by atoms with van der Waals surface area (Å²) >= 11 is 30.5. The number of ether oxygens (including phenoxy) is 1. The van der Waals surface area contributed by atoms with Crippen molar-refractivity contribution in [1.82, 2.24) is 9.78 Å². The molecular weight excluding hydrogens is 540 g/mol. The van der Waals surface area contributed by atoms with E-state index in [1.54, 1.807) is 53.3 Å². The second kappa shape index (κ2) is 10.9. The van der Waals surface area contributed by atoms with Gasteiger partial charge in [-0.05, 0) is 47.5 Å². The molecule has 5 nitrogen and oxygen atoms in total. The highest BCUT2D eigenvalue weighted by atomic mass is 35.5. The largest absolute Gasteiger partial charge is 0.486 e. The minimum atomic E-state index is -0.358. The summed E-state index contributed by atoms with van der Waals surface area (Å²) in [6.07, 6.45) is 1.65. The van der Waals surface area contributed by atoms with Crippen molar-refractivity contribution in [3.8, 4) is 5.75 Å². The molecule has 0 bridgehead atoms. The lowest BCUT2D eigenvalue weighted by atomic mass is 10.1. The molecule has 10 heteroatoms. The average molecular weight is 556 g/mol. The fourth-order valence-electron chi connectivity index (χ4n) is 3.14. The Morgan fingerprint density at radius 3 is 2.26 bits per heavy atom. The Balaban J connectivity index is 1.42. The molecule has 0 saturated heterocycles. The van der Waals surface area contributed by atoms with Gasteiger partial charge in [-0.2, -0.15) is 5.10 Å². The van der Waals surface area contributed by atoms with Crippen LogP contribution in [0, 0.1) is 0 Å². The first-order chi connectivity index (χ1) is 16.3. The Bertz CT molecular complexity index is 1320. The molecule has 0 saturated carbocycles. The van der Waals surface area contributed by atoms with Gasteiger partial charge in [0, 0.05) is 21.8 Å². The van der Waals surface area contributed by atoms with Crippen LogP contribution in [0.5, 0.6) is 5.75 Å². The van der Waals surface area contributed by atoms with E-state index in [1.165, 1.54) is 0 Å². The topological polar surface area (TPSA) is 56.2 Å². The quantitative estimate of drug-likeness (QED) is 0.251. The van der Waals surface area contributed by atoms with Crippen molar-refractivity contribution in [2.24, 2.45) is 0 Å². The summed E-state index contributed by atoms with van der Waals surface area (Å²) in [4.78, 5) is 12.8. The summed E-state index contributed by atoms with van der Waals surface area (Å²) in [5.74, 6) is 0.227. The summed E-state index contributed by atoms with van der Waals surface area (Å²) in [7, 11) is 0. The van der Waals surface area contributed by atoms with Crippen LogP contribution in [0.4, 0.5) is 5.82 Å². The van der Waals surface area contributed by atoms with Gasteiger partial charge in [0.2, 0.25) is 0 Å². The van der Waals surface area contributed by atoms with Crippen LogP contribution in [0.1, 0.15) is 21.5 Å². The molecule has 1 amide bonds. The number of nitrogens with one attached hydrogen (secondary N) is 1. The summed E-state index contributed by atoms with van der Waals surface area (Å²) in [6, 6.07) is 17.4. The van der Waals surface area contributed by atoms with Gasteiger partial charge >= 0.3 is 0 Å². The zero-order valence-corrected chi connectivity index (χ0v) is 21.1. The monoisotopic (exact) mass is 553 g/mol. The molecule has 0 aliphatic carbocycles. The van der Waals surface area contributed by atoms with Crippen LogP contribution in [0.3, 0.4) is 0 Å². The number of hydrogen-bond donors (Lipinski definition) is 1. The van der Waals surface area contributed by atoms with E-state index in [0.29, 0.717) is 43.0 Å². The Morgan fingerprint density at radius 2 is 1.56 bits per heavy atom. The van der Waals surface area contributed by atoms with Crippen LogP contribution in [0.25, 0.3) is 0 Å². The van der Waals surface area contributed by atoms with Gasteiger partial charge < -0.3 is 10.1 Å². The Kier molecular flexibility index (Phi) is 7.91. The number of amides is 1. The van der Waals surface area contributed by atoms with E-state index >= 15 is 0 Å². The lowest BCUT2D eigenvalue weighted by Gasteiger charge is -2.11. The molecule has 1 N–H and O–H groups in total. The van der Waals surface area contributed by atoms with Gasteiger partial charge in [0.15, 0.2) is 11.6 Å². The van der Waals surface area contributed by atoms with Gasteiger partial charge in [-0.3, -0.25) is 9.48 Å². The van der Waals surface area contributed by atoms with Crippen LogP contribution in [0.2, 0.25) is 25.1 Å². The predicted octanol–water partition coefficient (Wildman–Crippen LogP) is 8.03. The van der Waals surface area contributed by atoms with Gasteiger partial charge in [-0.25, -0.2) is 0 Å². The Hall–Kier alpha value is -2.41. The number of carbonyl (C=O) groups is 1. The van der Waals surface area contributed by atoms with E-state index in [9.17, 15) is 4.79 Å². The highest BCUT2D eigenvalue weighted by molar-refractivity contribution is 6.40. The molecule has 3 aromatic carbocycles. The third-order valence-electron chi connectivity index (χ3n) is 4.74. The van der Waals surface area contributed by atoms with Crippen molar-refractivity contribution in [1.29, 1.82) is 0 Å². The molecule has 4 rings (SSSR count). The average Bonchev–Trinajstić information content (AvgIpc) is 3.13. The molecule has 1 aromatic heterocycles. The maximum Gasteiger partial charge on any atom is 0.256 e. The van der Waals surface area contributed by atoms with E-state index in [1.807, 2.05) is 18.2 Å². The smallest absolute Gasteiger partial charge is 0.256 e. The summed E-state index contributed by atoms with van der Waals surface area (Å²) in [5.41, 5.74) is 2.15. The standard InChI is InChI=1S/C24H16Cl5N3O2/c25-17-6-4-14(5-7-17)11-32-12-21(29)23(31-32)30-24(33)16-3-1-2-15(8-16)13-34-22-19(27)9-18(26)10-20(22)28/h1-10,12H,11,13H2,(H,30,31,33). The van der Waals surface area contributed by atoms with Crippen LogP contribution >= 0.6 is 58.0 Å². The maximum atomic E-state index is 12.8. The lowest BCUT2D eigenvalue weighted by molar-refractivity contribution is 0.102. The van der Waals surface area contributed by atoms with Crippen molar-refractivity contribution in [2.75, 3.05) is 5.32 Å². The van der Waals surface area contributed by atoms with Crippen molar-refractivity contribution in [3.63, 3.8) is 0 Å². The molecule has 0 aliphatic rings. The SMILES string of the molecule is O=C(Nc1nn(Cc2ccc(Cl)cc2)cc1Cl)c1cccc(COc2c(Cl)cc(Cl)cc2Cl)c1. The number of nitrogens with zero attached hydrogens (tertiary/aromatic N) is 2. The highest BCUT2D eigenvalue weighted by Crippen LogP contribution is 2.36. The van der Waals surface area contributed by atoms with Crippen LogP contribution in [-0.4, -0.2) is 15.7 Å². The van der Waals surface area contributed by atoms with Crippen molar-refractivity contribution in [2.45, 2.75) is 13.2 Å². The first-order valence-corrected chi connectivity index (χ1v) is 11.8. The fraction of sp³-hybridized carbons (Fsp3) is 0.0833. The number of aromatic nitrogens is 2. The van der Waals surface area contributed by atoms with Crippen LogP contribution in [-0.2, 0) is 13.2 Å². The van der Waals surface area contributed by atoms with E-state index in [0.717, 1.165) is 11.1 Å². The second-order valence-corrected chi connectivity index (χ2v) is 9.39. The number of anilines is 1. The number of carbonyl (C=O) groups excluding carboxylic acids is 1. The van der Waals surface area contributed by atoms with Crippen LogP contribution in [0.15, 0.2) is 66.9 Å². The van der Waals surface area contributed by atoms with Gasteiger partial charge in [0.25, 0.3) is 5.91 Å². The highest BCUT2D eigenvalue weighted by Gasteiger charge is 2.14. The molecule has 0 spiro atoms. The van der Waals surface area contributed by atoms with Gasteiger partial charge in [-0.15, -0.1) is 0 Å². The number of halogens is 5. The van der Waals surface area contributed by atoms with E-state index in [2.05, 4.69) is 10.4 Å². The molecule has 174 valence electrons. The zero-order chi connectivity index (χ0) is 24.2. The summed E-state index contributed by atoms with van der Waals surface area (Å²) in [5, 5.41) is 9.12. The van der Waals surface area contributed by atoms with E-state index in [4.69, 9.17) is 62.7 Å². The fourth-order valence-corrected chi connectivity index (χ4v) is 4.39. The minimum absolute atomic E-state index is 0.151. The molecule has 4 aromatic rings. The molecular formula is C24H16Cl5N3O2. The number of rotatable bonds is 7. The van der Waals surface area contributed by atoms with Gasteiger partial charge in [-0.1, -0.05) is 82.3 Å². The van der Waals surface area contributed by atoms with Gasteiger partial charge in [0.05, 0.1) is 16.6 Å². The van der Waals surface area contributed by atoms with Crippen molar-refractivity contribution >= 4 is 69.7 Å². The Labute approximate surface area is 221 Å². The van der Waals surface area contributed by atoms with E-state index < -0.39 is 0 Å². The third kappa shape index (κ3) is 6.17. The first kappa shape index (κ1) is 24.7. The van der Waals surface area contributed by atoms with E-state index in [-0.39, 0.29) is 18.3 Å². The third-order valence-corrected chi connectivity index (χ3v) is 6.05. The lowest BCUT2D eigenvalue weighted by Crippen LogP contribution is -2.13. The number of hydrogen-bond acceptors (Lipinski definition) is 3. The Morgan fingerprint density at radius 1 is 0.853 bits per heavy atom. The summed E-state index contributed by atoms with van der Waals surface area (Å²) in [6.45, 7) is 0.633. The van der Waals surface area contributed by atoms with Crippen molar-refractivity contribution < 1.29 is 9.53 Å². The zero-order valence-electron chi connectivity index (χ0n) is 17.4. The first-order valence-electron chi connectivity index (χ1n) is 9.93. The molecule has 1 heterocycles. The number of benzene rings is 3. The molecule has 0 unspecified atom stereocenters. The molecule has 0 atom stereocenters. The predicted molar refractivity (Wildman–Crippen MR) is 138 cm³/mol. The minimum Gasteiger partial charge on any atom is -0.486 e. The van der Waals surface area contributed by atoms with Crippen LogP contribution < -0.4 is 10.1 Å². The molecule has 0 fully saturated rings. The molecule has 0 aliphatic heterocycles. The molecule has 0 radical (unpaired) electrons. The normalized spacial score (nSPS) is 10.9. The molecule has 34 heavy (non-hydrogen) atoms. The summed E-state index contributed by atoms with van der Waals surface area (Å²) < 4.78 is 7.39. The van der Waals surface area contributed by atoms with Crippen molar-refractivity contribution in [3.05, 3.63) is 109 Å². The van der Waals surface area contributed by atoms with Gasteiger partial charge in [0.1, 0.15) is 11.6 Å².